The van der Waals surface area contributed by atoms with Crippen LogP contribution in [0.1, 0.15) is 43.9 Å². The molecular formula is C30H27FN6O5. The number of aromatic nitrogens is 3. The summed E-state index contributed by atoms with van der Waals surface area (Å²) >= 11 is 0. The van der Waals surface area contributed by atoms with Crippen LogP contribution in [0.3, 0.4) is 0 Å². The Hall–Kier alpha value is -5.44. The van der Waals surface area contributed by atoms with Crippen molar-refractivity contribution in [2.24, 2.45) is 7.05 Å². The van der Waals surface area contributed by atoms with E-state index in [1.165, 1.54) is 67.3 Å². The third-order valence-corrected chi connectivity index (χ3v) is 6.96. The molecule has 0 atom stereocenters. The average Bonchev–Trinajstić information content (AvgIpc) is 3.75. The van der Waals surface area contributed by atoms with Gasteiger partial charge in [0.1, 0.15) is 17.0 Å². The van der Waals surface area contributed by atoms with E-state index in [1.54, 1.807) is 0 Å². The van der Waals surface area contributed by atoms with Crippen LogP contribution in [0.4, 0.5) is 27.3 Å². The Labute approximate surface area is 238 Å². The van der Waals surface area contributed by atoms with Gasteiger partial charge in [-0.2, -0.15) is 0 Å². The van der Waals surface area contributed by atoms with Crippen LogP contribution in [0.5, 0.6) is 0 Å². The van der Waals surface area contributed by atoms with Crippen LogP contribution in [0, 0.1) is 25.1 Å². The van der Waals surface area contributed by atoms with Crippen LogP contribution in [-0.4, -0.2) is 25.5 Å². The molecular weight excluding hydrogens is 543 g/mol. The average molecular weight is 571 g/mol. The smallest absolute Gasteiger partial charge is 0.336 e. The van der Waals surface area contributed by atoms with Gasteiger partial charge >= 0.3 is 5.69 Å². The number of pyridine rings is 1. The minimum atomic E-state index is -0.703. The van der Waals surface area contributed by atoms with Crippen molar-refractivity contribution >= 4 is 45.6 Å². The summed E-state index contributed by atoms with van der Waals surface area (Å²) in [6.45, 7) is 4.10. The normalized spacial score (nSPS) is 12.6. The molecule has 0 spiro atoms. The van der Waals surface area contributed by atoms with Crippen LogP contribution in [0.2, 0.25) is 0 Å². The number of amides is 2. The Balaban J connectivity index is 1.91. The molecule has 1 fully saturated rings. The topological polar surface area (TPSA) is 136 Å². The maximum absolute atomic E-state index is 15.0. The second-order valence-electron chi connectivity index (χ2n) is 10.2. The third-order valence-electron chi connectivity index (χ3n) is 6.96. The van der Waals surface area contributed by atoms with Gasteiger partial charge in [-0.1, -0.05) is 5.92 Å². The van der Waals surface area contributed by atoms with E-state index in [4.69, 9.17) is 6.42 Å². The lowest BCUT2D eigenvalue weighted by atomic mass is 10.1. The predicted octanol–water partition coefficient (Wildman–Crippen LogP) is 3.28. The van der Waals surface area contributed by atoms with E-state index in [-0.39, 0.29) is 51.1 Å². The van der Waals surface area contributed by atoms with E-state index in [2.05, 4.69) is 21.9 Å². The van der Waals surface area contributed by atoms with E-state index in [0.29, 0.717) is 18.4 Å². The lowest BCUT2D eigenvalue weighted by Crippen LogP contribution is -2.41. The van der Waals surface area contributed by atoms with Gasteiger partial charge in [-0.25, -0.2) is 9.18 Å². The highest BCUT2D eigenvalue weighted by molar-refractivity contribution is 5.96. The van der Waals surface area contributed by atoms with Crippen molar-refractivity contribution in [2.75, 3.05) is 16.0 Å². The molecule has 2 amide bonds. The molecule has 4 aromatic rings. The molecule has 5 rings (SSSR count). The molecule has 0 bridgehead atoms. The molecule has 1 aliphatic carbocycles. The maximum atomic E-state index is 15.0. The number of terminal acetylenes is 1. The highest BCUT2D eigenvalue weighted by Gasteiger charge is 2.32. The van der Waals surface area contributed by atoms with Crippen LogP contribution in [-0.2, 0) is 16.6 Å². The molecule has 2 aromatic carbocycles. The number of anilines is 4. The first-order chi connectivity index (χ1) is 19.9. The summed E-state index contributed by atoms with van der Waals surface area (Å²) in [4.78, 5) is 65.3. The van der Waals surface area contributed by atoms with Gasteiger partial charge in [-0.15, -0.1) is 6.42 Å². The largest absolute Gasteiger partial charge is 0.338 e. The fourth-order valence-corrected chi connectivity index (χ4v) is 4.98. The van der Waals surface area contributed by atoms with E-state index in [0.717, 1.165) is 10.6 Å². The summed E-state index contributed by atoms with van der Waals surface area (Å²) in [5, 5.41) is 8.15. The number of rotatable bonds is 6. The monoisotopic (exact) mass is 570 g/mol. The zero-order chi connectivity index (χ0) is 30.5. The van der Waals surface area contributed by atoms with E-state index in [9.17, 15) is 24.0 Å². The van der Waals surface area contributed by atoms with Crippen LogP contribution < -0.4 is 32.8 Å². The highest BCUT2D eigenvalue weighted by atomic mass is 19.1. The molecule has 0 saturated heterocycles. The molecule has 1 saturated carbocycles. The Morgan fingerprint density at radius 2 is 1.60 bits per heavy atom. The molecule has 1 aliphatic rings. The molecule has 11 nitrogen and oxygen atoms in total. The van der Waals surface area contributed by atoms with E-state index >= 15 is 4.39 Å². The maximum Gasteiger partial charge on any atom is 0.336 e. The van der Waals surface area contributed by atoms with Crippen molar-refractivity contribution in [3.63, 3.8) is 0 Å². The Morgan fingerprint density at radius 1 is 0.976 bits per heavy atom. The quantitative estimate of drug-likeness (QED) is 0.305. The van der Waals surface area contributed by atoms with Gasteiger partial charge in [0.05, 0.1) is 16.9 Å². The number of aryl methyl sites for hydroxylation is 1. The third kappa shape index (κ3) is 4.96. The van der Waals surface area contributed by atoms with Gasteiger partial charge in [0.15, 0.2) is 0 Å². The summed E-state index contributed by atoms with van der Waals surface area (Å²) in [7, 11) is 1.44. The van der Waals surface area contributed by atoms with Gasteiger partial charge in [0.25, 0.3) is 11.1 Å². The number of hydrogen-bond donors (Lipinski definition) is 3. The van der Waals surface area contributed by atoms with Gasteiger partial charge in [-0.3, -0.25) is 32.9 Å². The van der Waals surface area contributed by atoms with Gasteiger partial charge < -0.3 is 16.0 Å². The second-order valence-corrected chi connectivity index (χ2v) is 10.2. The number of carbonyl (C=O) groups excluding carboxylic acids is 2. The highest BCUT2D eigenvalue weighted by Crippen LogP contribution is 2.34. The first kappa shape index (κ1) is 28.1. The number of nitrogens with one attached hydrogen (secondary N) is 3. The summed E-state index contributed by atoms with van der Waals surface area (Å²) in [5.74, 6) is 0.834. The second kappa shape index (κ2) is 10.5. The number of halogens is 1. The summed E-state index contributed by atoms with van der Waals surface area (Å²) in [6.07, 6.45) is 6.58. The van der Waals surface area contributed by atoms with E-state index in [1.807, 2.05) is 0 Å². The van der Waals surface area contributed by atoms with Crippen molar-refractivity contribution in [2.45, 2.75) is 39.7 Å². The van der Waals surface area contributed by atoms with E-state index < -0.39 is 34.4 Å². The molecule has 214 valence electrons. The zero-order valence-electron chi connectivity index (χ0n) is 23.3. The number of nitrogens with zero attached hydrogens (tertiary/aromatic N) is 3. The molecule has 0 unspecified atom stereocenters. The van der Waals surface area contributed by atoms with Crippen LogP contribution in [0.15, 0.2) is 50.8 Å². The van der Waals surface area contributed by atoms with Crippen molar-refractivity contribution in [1.29, 1.82) is 0 Å². The number of benzene rings is 2. The molecule has 0 radical (unpaired) electrons. The lowest BCUT2D eigenvalue weighted by molar-refractivity contribution is -0.115. The molecule has 0 aliphatic heterocycles. The fourth-order valence-electron chi connectivity index (χ4n) is 4.98. The van der Waals surface area contributed by atoms with Gasteiger partial charge in [0, 0.05) is 49.4 Å². The summed E-state index contributed by atoms with van der Waals surface area (Å²) in [5.41, 5.74) is -0.808. The Morgan fingerprint density at radius 3 is 2.12 bits per heavy atom. The SMILES string of the molecule is C#Cc1ccc(Nc2c3c(=O)n(C4CC4)c(=O)n(-c4cc(NC(C)=O)cc(NC(C)=O)c4)c3c(C)c(=O)n2C)c(F)c1. The van der Waals surface area contributed by atoms with Crippen LogP contribution in [0.25, 0.3) is 16.6 Å². The molecule has 2 aromatic heterocycles. The number of fused-ring (bicyclic) bond motifs is 1. The molecule has 12 heteroatoms. The van der Waals surface area contributed by atoms with Crippen molar-refractivity contribution in [3.05, 3.63) is 84.5 Å². The van der Waals surface area contributed by atoms with Gasteiger partial charge in [-0.05, 0) is 56.2 Å². The first-order valence-electron chi connectivity index (χ1n) is 13.1. The fraction of sp³-hybridized carbons (Fsp3) is 0.233. The standard InChI is InChI=1S/C30H27FN6O5/c1-6-18-7-10-24(23(31)11-18)34-27-25-26(15(2)28(40)35(27)5)36(30(42)37(29(25)41)21-8-9-21)22-13-19(32-16(3)38)12-20(14-22)33-17(4)39/h1,7,10-14,21,34H,8-9H2,2-5H3,(H,32,38)(H,33,39). The molecule has 42 heavy (non-hydrogen) atoms. The van der Waals surface area contributed by atoms with Crippen LogP contribution >= 0.6 is 0 Å². The zero-order valence-corrected chi connectivity index (χ0v) is 23.3. The summed E-state index contributed by atoms with van der Waals surface area (Å²) < 4.78 is 18.5. The minimum absolute atomic E-state index is 0.00176. The lowest BCUT2D eigenvalue weighted by Gasteiger charge is -2.21. The first-order valence-corrected chi connectivity index (χ1v) is 13.1. The summed E-state index contributed by atoms with van der Waals surface area (Å²) in [6, 6.07) is 8.19. The number of hydrogen-bond acceptors (Lipinski definition) is 6. The minimum Gasteiger partial charge on any atom is -0.338 e. The van der Waals surface area contributed by atoms with Crippen molar-refractivity contribution in [1.82, 2.24) is 13.7 Å². The molecule has 2 heterocycles. The predicted molar refractivity (Wildman–Crippen MR) is 158 cm³/mol. The van der Waals surface area contributed by atoms with Crippen molar-refractivity contribution in [3.8, 4) is 18.0 Å². The molecule has 3 N–H and O–H groups in total. The van der Waals surface area contributed by atoms with Crippen molar-refractivity contribution < 1.29 is 14.0 Å². The Kier molecular flexibility index (Phi) is 7.03. The van der Waals surface area contributed by atoms with Gasteiger partial charge in [0.2, 0.25) is 11.8 Å². The Bertz CT molecular complexity index is 2010. The number of carbonyl (C=O) groups is 2.